The van der Waals surface area contributed by atoms with E-state index in [-0.39, 0.29) is 12.3 Å². The number of hydrogen-bond acceptors (Lipinski definition) is 6. The topological polar surface area (TPSA) is 96.3 Å². The Morgan fingerprint density at radius 2 is 2.30 bits per heavy atom. The molecule has 1 amide bonds. The van der Waals surface area contributed by atoms with Gasteiger partial charge in [-0.3, -0.25) is 10.1 Å². The second-order valence-corrected chi connectivity index (χ2v) is 4.39. The van der Waals surface area contributed by atoms with Crippen molar-refractivity contribution in [3.63, 3.8) is 0 Å². The van der Waals surface area contributed by atoms with Crippen LogP contribution in [0.4, 0.5) is 11.9 Å². The first-order chi connectivity index (χ1) is 9.81. The minimum atomic E-state index is -0.204. The van der Waals surface area contributed by atoms with Crippen LogP contribution in [0.15, 0.2) is 22.8 Å². The van der Waals surface area contributed by atoms with Gasteiger partial charge in [0, 0.05) is 13.1 Å². The molecule has 1 aliphatic heterocycles. The van der Waals surface area contributed by atoms with Crippen LogP contribution in [-0.4, -0.2) is 47.4 Å². The lowest BCUT2D eigenvalue weighted by Gasteiger charge is -2.25. The van der Waals surface area contributed by atoms with Gasteiger partial charge in [0.05, 0.1) is 25.9 Å². The third-order valence-corrected chi connectivity index (χ3v) is 2.94. The highest BCUT2D eigenvalue weighted by Crippen LogP contribution is 2.12. The molecule has 0 aliphatic carbocycles. The highest BCUT2D eigenvalue weighted by atomic mass is 16.5. The van der Waals surface area contributed by atoms with Crippen LogP contribution in [0.3, 0.4) is 0 Å². The van der Waals surface area contributed by atoms with Crippen molar-refractivity contribution >= 4 is 17.8 Å². The molecule has 3 heterocycles. The zero-order valence-electron chi connectivity index (χ0n) is 10.8. The molecule has 1 saturated heterocycles. The molecule has 106 valence electrons. The minimum Gasteiger partial charge on any atom is -0.469 e. The summed E-state index contributed by atoms with van der Waals surface area (Å²) in [6.45, 7) is 2.82. The molecule has 0 spiro atoms. The molecular weight excluding hydrogens is 262 g/mol. The van der Waals surface area contributed by atoms with Crippen LogP contribution in [0.5, 0.6) is 0 Å². The average molecular weight is 277 g/mol. The normalized spacial score (nSPS) is 15.3. The second-order valence-electron chi connectivity index (χ2n) is 4.39. The molecule has 0 bridgehead atoms. The van der Waals surface area contributed by atoms with Gasteiger partial charge in [-0.05, 0) is 12.1 Å². The second kappa shape index (κ2) is 5.74. The molecule has 20 heavy (non-hydrogen) atoms. The van der Waals surface area contributed by atoms with Crippen molar-refractivity contribution in [3.05, 3.63) is 24.2 Å². The van der Waals surface area contributed by atoms with Gasteiger partial charge in [-0.1, -0.05) is 0 Å². The van der Waals surface area contributed by atoms with Gasteiger partial charge >= 0.3 is 0 Å². The number of furan rings is 1. The molecule has 1 aliphatic rings. The van der Waals surface area contributed by atoms with Crippen LogP contribution in [0.25, 0.3) is 0 Å². The van der Waals surface area contributed by atoms with Gasteiger partial charge in [-0.25, -0.2) is 5.10 Å². The number of anilines is 2. The van der Waals surface area contributed by atoms with Crippen molar-refractivity contribution < 1.29 is 13.9 Å². The highest BCUT2D eigenvalue weighted by molar-refractivity contribution is 5.90. The molecular formula is C12H15N5O3. The molecule has 0 aromatic carbocycles. The fraction of sp³-hybridized carbons (Fsp3) is 0.417. The molecule has 1 fully saturated rings. The molecule has 2 aromatic rings. The Morgan fingerprint density at radius 1 is 1.45 bits per heavy atom. The highest BCUT2D eigenvalue weighted by Gasteiger charge is 2.16. The van der Waals surface area contributed by atoms with Gasteiger partial charge in [0.1, 0.15) is 5.76 Å². The number of hydrogen-bond donors (Lipinski definition) is 2. The Balaban J connectivity index is 1.57. The summed E-state index contributed by atoms with van der Waals surface area (Å²) in [6.07, 6.45) is 1.70. The number of ether oxygens (including phenoxy) is 1. The van der Waals surface area contributed by atoms with E-state index in [9.17, 15) is 4.79 Å². The SMILES string of the molecule is O=C(Cc1ccco1)Nc1nc(N2CCOCC2)n[nH]1. The van der Waals surface area contributed by atoms with Crippen molar-refractivity contribution in [3.8, 4) is 0 Å². The van der Waals surface area contributed by atoms with Crippen molar-refractivity contribution in [2.75, 3.05) is 36.5 Å². The van der Waals surface area contributed by atoms with Crippen LogP contribution in [-0.2, 0) is 16.0 Å². The standard InChI is InChI=1S/C12H15N5O3/c18-10(8-9-2-1-5-20-9)13-11-14-12(16-15-11)17-3-6-19-7-4-17/h1-2,5H,3-4,6-8H2,(H2,13,14,15,16,18). The quantitative estimate of drug-likeness (QED) is 0.840. The van der Waals surface area contributed by atoms with Gasteiger partial charge in [-0.2, -0.15) is 4.98 Å². The minimum absolute atomic E-state index is 0.167. The van der Waals surface area contributed by atoms with Gasteiger partial charge < -0.3 is 14.1 Å². The number of nitrogens with one attached hydrogen (secondary N) is 2. The first-order valence-electron chi connectivity index (χ1n) is 6.38. The summed E-state index contributed by atoms with van der Waals surface area (Å²) in [4.78, 5) is 18.0. The predicted octanol–water partition coefficient (Wildman–Crippen LogP) is 0.415. The Hall–Kier alpha value is -2.35. The summed E-state index contributed by atoms with van der Waals surface area (Å²) in [7, 11) is 0. The molecule has 3 rings (SSSR count). The van der Waals surface area contributed by atoms with Gasteiger partial charge in [0.25, 0.3) is 0 Å². The average Bonchev–Trinajstić information content (AvgIpc) is 3.11. The lowest BCUT2D eigenvalue weighted by atomic mass is 10.3. The maximum absolute atomic E-state index is 11.8. The lowest BCUT2D eigenvalue weighted by molar-refractivity contribution is -0.115. The van der Waals surface area contributed by atoms with Crippen LogP contribution >= 0.6 is 0 Å². The molecule has 2 N–H and O–H groups in total. The first kappa shape index (κ1) is 12.7. The van der Waals surface area contributed by atoms with Crippen molar-refractivity contribution in [2.45, 2.75) is 6.42 Å². The zero-order chi connectivity index (χ0) is 13.8. The number of aromatic amines is 1. The Bertz CT molecular complexity index is 559. The summed E-state index contributed by atoms with van der Waals surface area (Å²) in [6, 6.07) is 3.49. The monoisotopic (exact) mass is 277 g/mol. The summed E-state index contributed by atoms with van der Waals surface area (Å²) in [5.41, 5.74) is 0. The van der Waals surface area contributed by atoms with Crippen LogP contribution in [0, 0.1) is 0 Å². The maximum Gasteiger partial charge on any atom is 0.246 e. The van der Waals surface area contributed by atoms with Gasteiger partial charge in [-0.15, -0.1) is 5.10 Å². The smallest absolute Gasteiger partial charge is 0.246 e. The number of amides is 1. The first-order valence-corrected chi connectivity index (χ1v) is 6.38. The number of morpholine rings is 1. The number of H-pyrrole nitrogens is 1. The van der Waals surface area contributed by atoms with Crippen molar-refractivity contribution in [2.24, 2.45) is 0 Å². The Labute approximate surface area is 115 Å². The molecule has 0 unspecified atom stereocenters. The van der Waals surface area contributed by atoms with E-state index in [2.05, 4.69) is 20.5 Å². The van der Waals surface area contributed by atoms with Gasteiger partial charge in [0.2, 0.25) is 17.8 Å². The Kier molecular flexibility index (Phi) is 3.64. The lowest BCUT2D eigenvalue weighted by Crippen LogP contribution is -2.36. The van der Waals surface area contributed by atoms with E-state index < -0.39 is 0 Å². The summed E-state index contributed by atoms with van der Waals surface area (Å²) in [5.74, 6) is 1.31. The molecule has 8 nitrogen and oxygen atoms in total. The van der Waals surface area contributed by atoms with Crippen molar-refractivity contribution in [1.29, 1.82) is 0 Å². The summed E-state index contributed by atoms with van der Waals surface area (Å²) in [5, 5.41) is 9.45. The molecule has 2 aromatic heterocycles. The van der Waals surface area contributed by atoms with Gasteiger partial charge in [0.15, 0.2) is 0 Å². The predicted molar refractivity (Wildman–Crippen MR) is 70.5 cm³/mol. The van der Waals surface area contributed by atoms with E-state index in [1.807, 2.05) is 4.90 Å². The number of rotatable bonds is 4. The van der Waals surface area contributed by atoms with E-state index in [1.54, 1.807) is 12.1 Å². The van der Waals surface area contributed by atoms with Crippen LogP contribution in [0.2, 0.25) is 0 Å². The summed E-state index contributed by atoms with van der Waals surface area (Å²) >= 11 is 0. The van der Waals surface area contributed by atoms with Crippen molar-refractivity contribution in [1.82, 2.24) is 15.2 Å². The van der Waals surface area contributed by atoms with Crippen LogP contribution in [0.1, 0.15) is 5.76 Å². The molecule has 8 heteroatoms. The van der Waals surface area contributed by atoms with Crippen LogP contribution < -0.4 is 10.2 Å². The number of aromatic nitrogens is 3. The third-order valence-electron chi connectivity index (χ3n) is 2.94. The maximum atomic E-state index is 11.8. The third kappa shape index (κ3) is 2.97. The van der Waals surface area contributed by atoms with E-state index in [0.717, 1.165) is 13.1 Å². The fourth-order valence-corrected chi connectivity index (χ4v) is 1.96. The van der Waals surface area contributed by atoms with E-state index in [4.69, 9.17) is 9.15 Å². The fourth-order valence-electron chi connectivity index (χ4n) is 1.96. The zero-order valence-corrected chi connectivity index (χ0v) is 10.8. The number of carbonyl (C=O) groups excluding carboxylic acids is 1. The largest absolute Gasteiger partial charge is 0.469 e. The Morgan fingerprint density at radius 3 is 3.05 bits per heavy atom. The van der Waals surface area contributed by atoms with E-state index >= 15 is 0 Å². The van der Waals surface area contributed by atoms with E-state index in [1.165, 1.54) is 6.26 Å². The number of carbonyl (C=O) groups is 1. The number of nitrogens with zero attached hydrogens (tertiary/aromatic N) is 3. The van der Waals surface area contributed by atoms with E-state index in [0.29, 0.717) is 30.9 Å². The summed E-state index contributed by atoms with van der Waals surface area (Å²) < 4.78 is 10.4. The molecule has 0 atom stereocenters. The molecule has 0 radical (unpaired) electrons. The molecule has 0 saturated carbocycles.